The van der Waals surface area contributed by atoms with Crippen LogP contribution in [0.4, 0.5) is 0 Å². The molecule has 4 nitrogen and oxygen atoms in total. The van der Waals surface area contributed by atoms with Gasteiger partial charge in [-0.15, -0.1) is 0 Å². The minimum Gasteiger partial charge on any atom is -0.354 e. The van der Waals surface area contributed by atoms with E-state index in [4.69, 9.17) is 0 Å². The van der Waals surface area contributed by atoms with Crippen LogP contribution in [0.5, 0.6) is 0 Å². The van der Waals surface area contributed by atoms with Crippen LogP contribution in [0, 0.1) is 11.8 Å². The van der Waals surface area contributed by atoms with E-state index >= 15 is 0 Å². The first-order valence-corrected chi connectivity index (χ1v) is 7.33. The van der Waals surface area contributed by atoms with E-state index in [1.54, 1.807) is 0 Å². The van der Waals surface area contributed by atoms with Gasteiger partial charge >= 0.3 is 0 Å². The normalized spacial score (nSPS) is 33.2. The van der Waals surface area contributed by atoms with Crippen LogP contribution >= 0.6 is 0 Å². The Morgan fingerprint density at radius 3 is 2.78 bits per heavy atom. The van der Waals surface area contributed by atoms with Gasteiger partial charge in [0.15, 0.2) is 0 Å². The van der Waals surface area contributed by atoms with Gasteiger partial charge in [-0.05, 0) is 51.6 Å². The maximum absolute atomic E-state index is 12.0. The molecule has 2 fully saturated rings. The Labute approximate surface area is 110 Å². The Morgan fingerprint density at radius 2 is 2.22 bits per heavy atom. The number of rotatable bonds is 4. The van der Waals surface area contributed by atoms with Crippen LogP contribution in [-0.2, 0) is 4.79 Å². The molecule has 104 valence electrons. The van der Waals surface area contributed by atoms with E-state index < -0.39 is 0 Å². The number of likely N-dealkylation sites (tertiary alicyclic amines) is 1. The van der Waals surface area contributed by atoms with Gasteiger partial charge < -0.3 is 15.5 Å². The number of hydrogen-bond donors (Lipinski definition) is 2. The first-order chi connectivity index (χ1) is 8.58. The van der Waals surface area contributed by atoms with Crippen molar-refractivity contribution in [1.82, 2.24) is 15.5 Å². The molecule has 0 aromatic rings. The Bertz CT molecular complexity index is 293. The molecule has 0 spiro atoms. The second-order valence-corrected chi connectivity index (χ2v) is 6.19. The summed E-state index contributed by atoms with van der Waals surface area (Å²) in [5, 5.41) is 6.41. The monoisotopic (exact) mass is 253 g/mol. The van der Waals surface area contributed by atoms with Gasteiger partial charge in [0.25, 0.3) is 0 Å². The van der Waals surface area contributed by atoms with Crippen molar-refractivity contribution in [2.24, 2.45) is 11.8 Å². The number of nitrogens with zero attached hydrogens (tertiary/aromatic N) is 1. The van der Waals surface area contributed by atoms with Gasteiger partial charge in [0, 0.05) is 19.1 Å². The summed E-state index contributed by atoms with van der Waals surface area (Å²) in [5.74, 6) is 1.30. The molecule has 2 N–H and O–H groups in total. The molecule has 0 radical (unpaired) electrons. The van der Waals surface area contributed by atoms with Crippen molar-refractivity contribution in [1.29, 1.82) is 0 Å². The van der Waals surface area contributed by atoms with Crippen LogP contribution in [0.15, 0.2) is 0 Å². The van der Waals surface area contributed by atoms with Crippen LogP contribution in [0.2, 0.25) is 0 Å². The lowest BCUT2D eigenvalue weighted by Crippen LogP contribution is -2.45. The SMILES string of the molecule is CC1CCNC1C(=O)NCC1CCN(C(C)C)C1. The van der Waals surface area contributed by atoms with Gasteiger partial charge in [-0.25, -0.2) is 0 Å². The van der Waals surface area contributed by atoms with E-state index in [0.717, 1.165) is 26.1 Å². The fourth-order valence-corrected chi connectivity index (χ4v) is 3.04. The van der Waals surface area contributed by atoms with Crippen LogP contribution in [0.1, 0.15) is 33.6 Å². The van der Waals surface area contributed by atoms with Crippen molar-refractivity contribution in [3.63, 3.8) is 0 Å². The summed E-state index contributed by atoms with van der Waals surface area (Å²) in [6.07, 6.45) is 2.33. The van der Waals surface area contributed by atoms with Crippen LogP contribution in [-0.4, -0.2) is 49.1 Å². The molecule has 1 amide bonds. The maximum atomic E-state index is 12.0. The lowest BCUT2D eigenvalue weighted by Gasteiger charge is -2.21. The van der Waals surface area contributed by atoms with Crippen LogP contribution in [0.25, 0.3) is 0 Å². The Hall–Kier alpha value is -0.610. The predicted molar refractivity (Wildman–Crippen MR) is 73.4 cm³/mol. The maximum Gasteiger partial charge on any atom is 0.237 e. The van der Waals surface area contributed by atoms with Gasteiger partial charge in [-0.3, -0.25) is 4.79 Å². The first-order valence-electron chi connectivity index (χ1n) is 7.33. The number of amides is 1. The molecule has 3 atom stereocenters. The van der Waals surface area contributed by atoms with E-state index in [9.17, 15) is 4.79 Å². The Balaban J connectivity index is 1.70. The van der Waals surface area contributed by atoms with Crippen molar-refractivity contribution in [2.75, 3.05) is 26.2 Å². The summed E-state index contributed by atoms with van der Waals surface area (Å²) in [6, 6.07) is 0.662. The molecule has 2 aliphatic heterocycles. The zero-order valence-corrected chi connectivity index (χ0v) is 11.9. The standard InChI is InChI=1S/C14H27N3O/c1-10(2)17-7-5-12(9-17)8-16-14(18)13-11(3)4-6-15-13/h10-13,15H,4-9H2,1-3H3,(H,16,18). The number of hydrogen-bond acceptors (Lipinski definition) is 3. The topological polar surface area (TPSA) is 44.4 Å². The minimum atomic E-state index is 0.0348. The fourth-order valence-electron chi connectivity index (χ4n) is 3.04. The largest absolute Gasteiger partial charge is 0.354 e. The van der Waals surface area contributed by atoms with Gasteiger partial charge in [-0.1, -0.05) is 6.92 Å². The highest BCUT2D eigenvalue weighted by molar-refractivity contribution is 5.82. The highest BCUT2D eigenvalue weighted by Crippen LogP contribution is 2.18. The zero-order valence-electron chi connectivity index (χ0n) is 11.9. The molecule has 0 bridgehead atoms. The molecule has 2 rings (SSSR count). The van der Waals surface area contributed by atoms with Gasteiger partial charge in [0.1, 0.15) is 0 Å². The fraction of sp³-hybridized carbons (Fsp3) is 0.929. The van der Waals surface area contributed by atoms with Crippen molar-refractivity contribution in [2.45, 2.75) is 45.7 Å². The lowest BCUT2D eigenvalue weighted by atomic mass is 10.0. The van der Waals surface area contributed by atoms with E-state index in [2.05, 4.69) is 36.3 Å². The van der Waals surface area contributed by atoms with E-state index in [0.29, 0.717) is 17.9 Å². The summed E-state index contributed by atoms with van der Waals surface area (Å²) in [4.78, 5) is 14.5. The second kappa shape index (κ2) is 6.02. The van der Waals surface area contributed by atoms with Crippen molar-refractivity contribution >= 4 is 5.91 Å². The number of carbonyl (C=O) groups is 1. The molecule has 2 aliphatic rings. The molecular formula is C14H27N3O. The molecular weight excluding hydrogens is 226 g/mol. The van der Waals surface area contributed by atoms with E-state index in [1.165, 1.54) is 13.0 Å². The second-order valence-electron chi connectivity index (χ2n) is 6.19. The van der Waals surface area contributed by atoms with E-state index in [-0.39, 0.29) is 11.9 Å². The van der Waals surface area contributed by atoms with Crippen molar-refractivity contribution in [3.05, 3.63) is 0 Å². The minimum absolute atomic E-state index is 0.0348. The lowest BCUT2D eigenvalue weighted by molar-refractivity contribution is -0.123. The molecule has 0 saturated carbocycles. The zero-order chi connectivity index (χ0) is 13.1. The van der Waals surface area contributed by atoms with Crippen molar-refractivity contribution in [3.8, 4) is 0 Å². The molecule has 0 aromatic heterocycles. The summed E-state index contributed by atoms with van der Waals surface area (Å²) in [5.41, 5.74) is 0. The average Bonchev–Trinajstić information content (AvgIpc) is 2.94. The smallest absolute Gasteiger partial charge is 0.237 e. The molecule has 18 heavy (non-hydrogen) atoms. The van der Waals surface area contributed by atoms with Gasteiger partial charge in [-0.2, -0.15) is 0 Å². The molecule has 2 heterocycles. The molecule has 2 saturated heterocycles. The molecule has 0 aliphatic carbocycles. The number of carbonyl (C=O) groups excluding carboxylic acids is 1. The molecule has 4 heteroatoms. The van der Waals surface area contributed by atoms with Crippen LogP contribution < -0.4 is 10.6 Å². The number of nitrogens with one attached hydrogen (secondary N) is 2. The predicted octanol–water partition coefficient (Wildman–Crippen LogP) is 0.831. The quantitative estimate of drug-likeness (QED) is 0.780. The van der Waals surface area contributed by atoms with Crippen molar-refractivity contribution < 1.29 is 4.79 Å². The van der Waals surface area contributed by atoms with Crippen LogP contribution in [0.3, 0.4) is 0 Å². The highest BCUT2D eigenvalue weighted by atomic mass is 16.2. The average molecular weight is 253 g/mol. The highest BCUT2D eigenvalue weighted by Gasteiger charge is 2.30. The van der Waals surface area contributed by atoms with E-state index in [1.807, 2.05) is 0 Å². The van der Waals surface area contributed by atoms with Gasteiger partial charge in [0.2, 0.25) is 5.91 Å². The summed E-state index contributed by atoms with van der Waals surface area (Å²) in [6.45, 7) is 10.8. The third kappa shape index (κ3) is 3.23. The summed E-state index contributed by atoms with van der Waals surface area (Å²) < 4.78 is 0. The third-order valence-corrected chi connectivity index (χ3v) is 4.43. The third-order valence-electron chi connectivity index (χ3n) is 4.43. The summed E-state index contributed by atoms with van der Waals surface area (Å²) in [7, 11) is 0. The molecule has 0 aromatic carbocycles. The van der Waals surface area contributed by atoms with Gasteiger partial charge in [0.05, 0.1) is 6.04 Å². The Morgan fingerprint density at radius 1 is 1.44 bits per heavy atom. The Kier molecular flexibility index (Phi) is 4.62. The summed E-state index contributed by atoms with van der Waals surface area (Å²) >= 11 is 0. The molecule has 3 unspecified atom stereocenters. The first kappa shape index (κ1) is 13.8.